The minimum absolute atomic E-state index is 0.456. The highest BCUT2D eigenvalue weighted by Crippen LogP contribution is 2.55. The summed E-state index contributed by atoms with van der Waals surface area (Å²) in [6, 6.07) is 2.18. The second-order valence-electron chi connectivity index (χ2n) is 5.33. The molecule has 1 N–H and O–H groups in total. The molecule has 1 aliphatic carbocycles. The average Bonchev–Trinajstić information content (AvgIpc) is 3.16. The number of hydrogen-bond acceptors (Lipinski definition) is 4. The minimum atomic E-state index is -1.21. The largest absolute Gasteiger partial charge is 0.478 e. The number of hydrogen-bond donors (Lipinski definition) is 1. The first kappa shape index (κ1) is 16.8. The molecular weight excluding hydrogens is 270 g/mol. The van der Waals surface area contributed by atoms with Crippen LogP contribution in [0.3, 0.4) is 0 Å². The Morgan fingerprint density at radius 2 is 2.10 bits per heavy atom. The third kappa shape index (κ3) is 4.10. The van der Waals surface area contributed by atoms with Crippen molar-refractivity contribution in [3.05, 3.63) is 11.6 Å². The summed E-state index contributed by atoms with van der Waals surface area (Å²) in [5.41, 5.74) is -1.54. The Morgan fingerprint density at radius 1 is 1.48 bits per heavy atom. The summed E-state index contributed by atoms with van der Waals surface area (Å²) < 4.78 is 5.28. The molecule has 0 aromatic heterocycles. The van der Waals surface area contributed by atoms with Crippen LogP contribution >= 0.6 is 0 Å². The van der Waals surface area contributed by atoms with Crippen LogP contribution in [0.1, 0.15) is 46.5 Å². The van der Waals surface area contributed by atoms with Crippen molar-refractivity contribution in [2.24, 2.45) is 5.41 Å². The molecule has 21 heavy (non-hydrogen) atoms. The molecule has 0 aromatic rings. The molecule has 0 bridgehead atoms. The SMILES string of the molecule is CCC/C(C#C[C@](C)(OC(C)=O)C1(C#N)CC1)=C/C(=O)O. The van der Waals surface area contributed by atoms with Crippen LogP contribution in [0.15, 0.2) is 11.6 Å². The molecule has 1 aliphatic rings. The van der Waals surface area contributed by atoms with Gasteiger partial charge in [-0.1, -0.05) is 19.3 Å². The highest BCUT2D eigenvalue weighted by atomic mass is 16.6. The highest BCUT2D eigenvalue weighted by molar-refractivity contribution is 5.81. The van der Waals surface area contributed by atoms with Crippen LogP contribution in [0.2, 0.25) is 0 Å². The fraction of sp³-hybridized carbons (Fsp3) is 0.562. The van der Waals surface area contributed by atoms with Gasteiger partial charge >= 0.3 is 11.9 Å². The summed E-state index contributed by atoms with van der Waals surface area (Å²) in [6.45, 7) is 4.80. The Bertz CT molecular complexity index is 569. The van der Waals surface area contributed by atoms with E-state index in [1.165, 1.54) is 6.92 Å². The summed E-state index contributed by atoms with van der Waals surface area (Å²) in [7, 11) is 0. The van der Waals surface area contributed by atoms with Crippen molar-refractivity contribution in [2.75, 3.05) is 0 Å². The normalized spacial score (nSPS) is 18.5. The molecular formula is C16H19NO4. The lowest BCUT2D eigenvalue weighted by atomic mass is 9.86. The van der Waals surface area contributed by atoms with Crippen LogP contribution in [0.4, 0.5) is 0 Å². The standard InChI is InChI=1S/C16H19NO4/c1-4-5-13(10-14(19)20)6-7-15(3,21-12(2)18)16(11-17)8-9-16/h10H,4-5,8-9H2,1-3H3,(H,19,20)/b13-10-/t15-/m0/s1. The number of nitrogens with zero attached hydrogens (tertiary/aromatic N) is 1. The van der Waals surface area contributed by atoms with E-state index in [1.54, 1.807) is 6.92 Å². The van der Waals surface area contributed by atoms with Crippen molar-refractivity contribution in [1.29, 1.82) is 5.26 Å². The fourth-order valence-electron chi connectivity index (χ4n) is 2.14. The molecule has 0 aromatic carbocycles. The zero-order chi connectivity index (χ0) is 16.1. The Kier molecular flexibility index (Phi) is 5.16. The molecule has 0 saturated heterocycles. The van der Waals surface area contributed by atoms with E-state index in [2.05, 4.69) is 17.9 Å². The van der Waals surface area contributed by atoms with Crippen molar-refractivity contribution in [2.45, 2.75) is 52.1 Å². The summed E-state index contributed by atoms with van der Waals surface area (Å²) in [5, 5.41) is 18.1. The van der Waals surface area contributed by atoms with E-state index >= 15 is 0 Å². The molecule has 0 unspecified atom stereocenters. The third-order valence-corrected chi connectivity index (χ3v) is 3.50. The first-order valence-corrected chi connectivity index (χ1v) is 6.86. The zero-order valence-corrected chi connectivity index (χ0v) is 12.5. The molecule has 0 amide bonds. The molecule has 1 rings (SSSR count). The molecule has 0 radical (unpaired) electrons. The average molecular weight is 289 g/mol. The van der Waals surface area contributed by atoms with E-state index in [0.717, 1.165) is 12.5 Å². The zero-order valence-electron chi connectivity index (χ0n) is 12.5. The van der Waals surface area contributed by atoms with Gasteiger partial charge in [-0.05, 0) is 32.1 Å². The maximum Gasteiger partial charge on any atom is 0.329 e. The number of carbonyl (C=O) groups excluding carboxylic acids is 1. The molecule has 0 aliphatic heterocycles. The summed E-state index contributed by atoms with van der Waals surface area (Å²) in [5.74, 6) is 4.03. The van der Waals surface area contributed by atoms with Crippen LogP contribution in [-0.2, 0) is 14.3 Å². The summed E-state index contributed by atoms with van der Waals surface area (Å²) >= 11 is 0. The molecule has 1 saturated carbocycles. The van der Waals surface area contributed by atoms with Crippen LogP contribution in [-0.4, -0.2) is 22.6 Å². The van der Waals surface area contributed by atoms with Gasteiger partial charge < -0.3 is 9.84 Å². The van der Waals surface area contributed by atoms with Crippen molar-refractivity contribution >= 4 is 11.9 Å². The second kappa shape index (κ2) is 6.45. The van der Waals surface area contributed by atoms with Gasteiger partial charge in [-0.25, -0.2) is 4.79 Å². The topological polar surface area (TPSA) is 87.4 Å². The van der Waals surface area contributed by atoms with Gasteiger partial charge in [-0.15, -0.1) is 0 Å². The lowest BCUT2D eigenvalue weighted by molar-refractivity contribution is -0.153. The number of carboxylic acid groups (broad SMARTS) is 1. The smallest absolute Gasteiger partial charge is 0.329 e. The van der Waals surface area contributed by atoms with Gasteiger partial charge in [0.15, 0.2) is 5.60 Å². The van der Waals surface area contributed by atoms with E-state index in [0.29, 0.717) is 24.8 Å². The quantitative estimate of drug-likeness (QED) is 0.477. The Balaban J connectivity index is 3.14. The number of rotatable bonds is 5. The Morgan fingerprint density at radius 3 is 2.48 bits per heavy atom. The molecule has 0 spiro atoms. The van der Waals surface area contributed by atoms with E-state index < -0.39 is 23.0 Å². The van der Waals surface area contributed by atoms with Crippen molar-refractivity contribution in [1.82, 2.24) is 0 Å². The van der Waals surface area contributed by atoms with Crippen molar-refractivity contribution in [3.8, 4) is 17.9 Å². The number of carbonyl (C=O) groups is 2. The molecule has 1 fully saturated rings. The van der Waals surface area contributed by atoms with Gasteiger partial charge in [-0.2, -0.15) is 5.26 Å². The molecule has 112 valence electrons. The molecule has 0 heterocycles. The predicted molar refractivity (Wildman–Crippen MR) is 75.9 cm³/mol. The number of aliphatic carboxylic acids is 1. The van der Waals surface area contributed by atoms with E-state index in [-0.39, 0.29) is 0 Å². The number of allylic oxidation sites excluding steroid dienone is 1. The van der Waals surface area contributed by atoms with Gasteiger partial charge in [0.1, 0.15) is 5.41 Å². The van der Waals surface area contributed by atoms with Gasteiger partial charge in [-0.3, -0.25) is 4.79 Å². The summed E-state index contributed by atoms with van der Waals surface area (Å²) in [4.78, 5) is 22.1. The first-order chi connectivity index (χ1) is 9.78. The first-order valence-electron chi connectivity index (χ1n) is 6.86. The maximum absolute atomic E-state index is 11.3. The fourth-order valence-corrected chi connectivity index (χ4v) is 2.14. The maximum atomic E-state index is 11.3. The molecule has 5 nitrogen and oxygen atoms in total. The lowest BCUT2D eigenvalue weighted by Crippen LogP contribution is -2.39. The van der Waals surface area contributed by atoms with Crippen LogP contribution in [0, 0.1) is 28.6 Å². The van der Waals surface area contributed by atoms with Crippen LogP contribution in [0.25, 0.3) is 0 Å². The second-order valence-corrected chi connectivity index (χ2v) is 5.33. The van der Waals surface area contributed by atoms with Crippen LogP contribution < -0.4 is 0 Å². The Labute approximate surface area is 124 Å². The van der Waals surface area contributed by atoms with Crippen molar-refractivity contribution < 1.29 is 19.4 Å². The van der Waals surface area contributed by atoms with Gasteiger partial charge in [0.2, 0.25) is 0 Å². The minimum Gasteiger partial charge on any atom is -0.478 e. The predicted octanol–water partition coefficient (Wildman–Crippen LogP) is 2.43. The third-order valence-electron chi connectivity index (χ3n) is 3.50. The summed E-state index contributed by atoms with van der Waals surface area (Å²) in [6.07, 6.45) is 3.56. The van der Waals surface area contributed by atoms with E-state index in [4.69, 9.17) is 9.84 Å². The number of nitriles is 1. The van der Waals surface area contributed by atoms with Gasteiger partial charge in [0.05, 0.1) is 6.07 Å². The number of esters is 1. The number of carboxylic acids is 1. The van der Waals surface area contributed by atoms with Crippen LogP contribution in [0.5, 0.6) is 0 Å². The highest BCUT2D eigenvalue weighted by Gasteiger charge is 2.60. The van der Waals surface area contributed by atoms with E-state index in [1.807, 2.05) is 6.92 Å². The Hall–Kier alpha value is -2.27. The monoisotopic (exact) mass is 289 g/mol. The van der Waals surface area contributed by atoms with Gasteiger partial charge in [0.25, 0.3) is 0 Å². The molecule has 1 atom stereocenters. The van der Waals surface area contributed by atoms with E-state index in [9.17, 15) is 14.9 Å². The lowest BCUT2D eigenvalue weighted by Gasteiger charge is -2.28. The molecule has 5 heteroatoms. The van der Waals surface area contributed by atoms with Gasteiger partial charge in [0, 0.05) is 18.6 Å². The van der Waals surface area contributed by atoms with Crippen molar-refractivity contribution in [3.63, 3.8) is 0 Å². The number of ether oxygens (including phenoxy) is 1.